The zero-order valence-electron chi connectivity index (χ0n) is 7.53. The Kier molecular flexibility index (Phi) is 3.54. The number of phenols is 1. The maximum atomic E-state index is 10.4. The van der Waals surface area contributed by atoms with Gasteiger partial charge in [0.05, 0.1) is 7.11 Å². The van der Waals surface area contributed by atoms with Gasteiger partial charge in [-0.1, -0.05) is 12.1 Å². The molecule has 0 spiro atoms. The highest BCUT2D eigenvalue weighted by molar-refractivity contribution is 6.66. The first-order chi connectivity index (χ1) is 6.63. The highest BCUT2D eigenvalue weighted by atomic mass is 35.5. The molecule has 1 N–H and O–H groups in total. The second kappa shape index (κ2) is 4.67. The number of ether oxygens (including phenoxy) is 1. The van der Waals surface area contributed by atoms with Crippen LogP contribution in [0.25, 0.3) is 6.08 Å². The van der Waals surface area contributed by atoms with E-state index in [2.05, 4.69) is 0 Å². The van der Waals surface area contributed by atoms with Crippen LogP contribution < -0.4 is 4.74 Å². The van der Waals surface area contributed by atoms with Gasteiger partial charge in [-0.15, -0.1) is 0 Å². The fraction of sp³-hybridized carbons (Fsp3) is 0.100. The standard InChI is InChI=1S/C10H9ClO3/c1-14-9-6-7(2-4-8(9)12)3-5-10(11)13/h2-6,12H,1H3. The Bertz CT molecular complexity index is 372. The molecule has 3 nitrogen and oxygen atoms in total. The van der Waals surface area contributed by atoms with Crippen molar-refractivity contribution >= 4 is 22.9 Å². The van der Waals surface area contributed by atoms with Crippen LogP contribution in [0.5, 0.6) is 11.5 Å². The van der Waals surface area contributed by atoms with E-state index in [1.807, 2.05) is 0 Å². The lowest BCUT2D eigenvalue weighted by Crippen LogP contribution is -1.84. The molecule has 74 valence electrons. The van der Waals surface area contributed by atoms with Crippen molar-refractivity contribution < 1.29 is 14.6 Å². The molecule has 0 bridgehead atoms. The number of aromatic hydroxyl groups is 1. The van der Waals surface area contributed by atoms with Gasteiger partial charge in [-0.25, -0.2) is 0 Å². The van der Waals surface area contributed by atoms with E-state index in [4.69, 9.17) is 16.3 Å². The Morgan fingerprint density at radius 3 is 2.86 bits per heavy atom. The maximum Gasteiger partial charge on any atom is 0.245 e. The summed E-state index contributed by atoms with van der Waals surface area (Å²) in [7, 11) is 1.45. The van der Waals surface area contributed by atoms with Crippen LogP contribution in [0.15, 0.2) is 24.3 Å². The second-order valence-electron chi connectivity index (χ2n) is 2.57. The summed E-state index contributed by atoms with van der Waals surface area (Å²) >= 11 is 5.13. The minimum absolute atomic E-state index is 0.0573. The molecule has 0 fully saturated rings. The number of allylic oxidation sites excluding steroid dienone is 1. The normalized spacial score (nSPS) is 10.4. The maximum absolute atomic E-state index is 10.4. The smallest absolute Gasteiger partial charge is 0.245 e. The van der Waals surface area contributed by atoms with E-state index in [1.165, 1.54) is 25.3 Å². The van der Waals surface area contributed by atoms with Gasteiger partial charge in [0, 0.05) is 0 Å². The van der Waals surface area contributed by atoms with Crippen LogP contribution in [0.3, 0.4) is 0 Å². The lowest BCUT2D eigenvalue weighted by atomic mass is 10.2. The monoisotopic (exact) mass is 212 g/mol. The van der Waals surface area contributed by atoms with Crippen molar-refractivity contribution in [1.29, 1.82) is 0 Å². The number of rotatable bonds is 3. The molecule has 0 amide bonds. The first-order valence-corrected chi connectivity index (χ1v) is 4.26. The van der Waals surface area contributed by atoms with Crippen molar-refractivity contribution in [3.63, 3.8) is 0 Å². The lowest BCUT2D eigenvalue weighted by Gasteiger charge is -2.03. The zero-order chi connectivity index (χ0) is 10.6. The van der Waals surface area contributed by atoms with E-state index in [-0.39, 0.29) is 5.75 Å². The predicted octanol–water partition coefficient (Wildman–Crippen LogP) is 2.18. The molecule has 1 aromatic carbocycles. The van der Waals surface area contributed by atoms with Crippen LogP contribution in [0, 0.1) is 0 Å². The summed E-state index contributed by atoms with van der Waals surface area (Å²) in [5, 5.41) is 8.73. The number of halogens is 1. The SMILES string of the molecule is COc1cc(C=CC(=O)Cl)ccc1O. The minimum Gasteiger partial charge on any atom is -0.504 e. The largest absolute Gasteiger partial charge is 0.504 e. The number of carbonyl (C=O) groups is 1. The van der Waals surface area contributed by atoms with Gasteiger partial charge in [-0.3, -0.25) is 4.79 Å². The average Bonchev–Trinajstić information content (AvgIpc) is 2.16. The van der Waals surface area contributed by atoms with Crippen LogP contribution >= 0.6 is 11.6 Å². The van der Waals surface area contributed by atoms with E-state index in [9.17, 15) is 9.90 Å². The fourth-order valence-electron chi connectivity index (χ4n) is 0.960. The Morgan fingerprint density at radius 1 is 1.57 bits per heavy atom. The third-order valence-corrected chi connectivity index (χ3v) is 1.74. The van der Waals surface area contributed by atoms with Crippen LogP contribution in [-0.4, -0.2) is 17.5 Å². The van der Waals surface area contributed by atoms with Crippen LogP contribution in [-0.2, 0) is 4.79 Å². The first kappa shape index (κ1) is 10.6. The fourth-order valence-corrected chi connectivity index (χ4v) is 1.02. The number of hydrogen-bond donors (Lipinski definition) is 1. The predicted molar refractivity (Wildman–Crippen MR) is 54.6 cm³/mol. The molecule has 0 aromatic heterocycles. The van der Waals surface area contributed by atoms with Crippen molar-refractivity contribution in [2.45, 2.75) is 0 Å². The van der Waals surface area contributed by atoms with Gasteiger partial charge in [0.1, 0.15) is 0 Å². The molecule has 0 heterocycles. The van der Waals surface area contributed by atoms with Crippen LogP contribution in [0.2, 0.25) is 0 Å². The third kappa shape index (κ3) is 2.78. The molecule has 0 aliphatic rings. The molecule has 1 aromatic rings. The zero-order valence-corrected chi connectivity index (χ0v) is 8.28. The van der Waals surface area contributed by atoms with Gasteiger partial charge < -0.3 is 9.84 Å². The molecule has 0 atom stereocenters. The molecule has 0 aliphatic heterocycles. The Balaban J connectivity index is 2.95. The quantitative estimate of drug-likeness (QED) is 0.617. The van der Waals surface area contributed by atoms with E-state index >= 15 is 0 Å². The highest BCUT2D eigenvalue weighted by Gasteiger charge is 2.00. The third-order valence-electron chi connectivity index (χ3n) is 1.61. The van der Waals surface area contributed by atoms with Gasteiger partial charge in [-0.05, 0) is 35.4 Å². The molecule has 0 unspecified atom stereocenters. The summed E-state index contributed by atoms with van der Waals surface area (Å²) < 4.78 is 4.89. The molecule has 1 rings (SSSR count). The summed E-state index contributed by atoms with van der Waals surface area (Å²) in [6, 6.07) is 4.73. The molecule has 0 radical (unpaired) electrons. The molecule has 0 saturated heterocycles. The van der Waals surface area contributed by atoms with E-state index in [0.717, 1.165) is 5.56 Å². The number of carbonyl (C=O) groups excluding carboxylic acids is 1. The van der Waals surface area contributed by atoms with Crippen molar-refractivity contribution in [1.82, 2.24) is 0 Å². The van der Waals surface area contributed by atoms with Crippen molar-refractivity contribution in [3.05, 3.63) is 29.8 Å². The number of hydrogen-bond acceptors (Lipinski definition) is 3. The highest BCUT2D eigenvalue weighted by Crippen LogP contribution is 2.26. The lowest BCUT2D eigenvalue weighted by molar-refractivity contribution is -0.107. The number of phenolic OH excluding ortho intramolecular Hbond substituents is 1. The Morgan fingerprint density at radius 2 is 2.29 bits per heavy atom. The van der Waals surface area contributed by atoms with Crippen LogP contribution in [0.4, 0.5) is 0 Å². The van der Waals surface area contributed by atoms with Gasteiger partial charge in [-0.2, -0.15) is 0 Å². The van der Waals surface area contributed by atoms with Crippen molar-refractivity contribution in [3.8, 4) is 11.5 Å². The Labute approximate surface area is 86.6 Å². The molecular weight excluding hydrogens is 204 g/mol. The van der Waals surface area contributed by atoms with Gasteiger partial charge in [0.2, 0.25) is 5.24 Å². The molecular formula is C10H9ClO3. The van der Waals surface area contributed by atoms with Gasteiger partial charge in [0.25, 0.3) is 0 Å². The minimum atomic E-state index is -0.544. The summed E-state index contributed by atoms with van der Waals surface area (Å²) in [6.45, 7) is 0. The van der Waals surface area contributed by atoms with Gasteiger partial charge >= 0.3 is 0 Å². The number of benzene rings is 1. The summed E-state index contributed by atoms with van der Waals surface area (Å²) in [6.07, 6.45) is 2.77. The topological polar surface area (TPSA) is 46.5 Å². The first-order valence-electron chi connectivity index (χ1n) is 3.88. The van der Waals surface area contributed by atoms with Crippen molar-refractivity contribution in [2.75, 3.05) is 7.11 Å². The average molecular weight is 213 g/mol. The van der Waals surface area contributed by atoms with Crippen LogP contribution in [0.1, 0.15) is 5.56 Å². The summed E-state index contributed by atoms with van der Waals surface area (Å²) in [5.74, 6) is 0.413. The Hall–Kier alpha value is -1.48. The summed E-state index contributed by atoms with van der Waals surface area (Å²) in [5.41, 5.74) is 0.730. The molecule has 4 heteroatoms. The van der Waals surface area contributed by atoms with E-state index < -0.39 is 5.24 Å². The van der Waals surface area contributed by atoms with E-state index in [0.29, 0.717) is 5.75 Å². The molecule has 0 aliphatic carbocycles. The van der Waals surface area contributed by atoms with Gasteiger partial charge in [0.15, 0.2) is 11.5 Å². The molecule has 0 saturated carbocycles. The van der Waals surface area contributed by atoms with E-state index in [1.54, 1.807) is 12.1 Å². The summed E-state index contributed by atoms with van der Waals surface area (Å²) in [4.78, 5) is 10.4. The molecule has 14 heavy (non-hydrogen) atoms. The van der Waals surface area contributed by atoms with Crippen molar-refractivity contribution in [2.24, 2.45) is 0 Å². The second-order valence-corrected chi connectivity index (χ2v) is 2.94. The number of methoxy groups -OCH3 is 1.